The van der Waals surface area contributed by atoms with Gasteiger partial charge in [-0.15, -0.1) is 11.3 Å². The number of carbonyl (C=O) groups is 1. The van der Waals surface area contributed by atoms with Crippen molar-refractivity contribution < 1.29 is 9.53 Å². The highest BCUT2D eigenvalue weighted by molar-refractivity contribution is 7.15. The van der Waals surface area contributed by atoms with Gasteiger partial charge < -0.3 is 10.1 Å². The standard InChI is InChI=1S/C20H26N2O2S/c1-2-24-19(23)20(11-7-4-8-12-20)15-21-13-17-14-22-18(25-17)16-9-5-3-6-10-16/h3,5-6,9-10,14,21H,2,4,7-8,11-13,15H2,1H3. The second-order valence-electron chi connectivity index (χ2n) is 6.66. The Morgan fingerprint density at radius 3 is 2.72 bits per heavy atom. The average molecular weight is 359 g/mol. The molecular formula is C20H26N2O2S. The van der Waals surface area contributed by atoms with Crippen LogP contribution in [0.2, 0.25) is 0 Å². The molecule has 1 aliphatic carbocycles. The molecule has 25 heavy (non-hydrogen) atoms. The monoisotopic (exact) mass is 358 g/mol. The summed E-state index contributed by atoms with van der Waals surface area (Å²) in [5, 5.41) is 4.52. The minimum Gasteiger partial charge on any atom is -0.466 e. The zero-order valence-electron chi connectivity index (χ0n) is 14.8. The number of benzene rings is 1. The van der Waals surface area contributed by atoms with Gasteiger partial charge in [-0.25, -0.2) is 4.98 Å². The number of nitrogens with zero attached hydrogens (tertiary/aromatic N) is 1. The number of carbonyl (C=O) groups excluding carboxylic acids is 1. The van der Waals surface area contributed by atoms with Gasteiger partial charge in [0.25, 0.3) is 0 Å². The van der Waals surface area contributed by atoms with Crippen molar-refractivity contribution in [1.82, 2.24) is 10.3 Å². The maximum atomic E-state index is 12.5. The Balaban J connectivity index is 1.59. The van der Waals surface area contributed by atoms with E-state index in [1.165, 1.54) is 11.3 Å². The van der Waals surface area contributed by atoms with Crippen LogP contribution in [0.4, 0.5) is 0 Å². The Hall–Kier alpha value is -1.72. The molecule has 3 rings (SSSR count). The summed E-state index contributed by atoms with van der Waals surface area (Å²) < 4.78 is 5.36. The Labute approximate surface area is 153 Å². The second kappa shape index (κ2) is 8.59. The minimum atomic E-state index is -0.346. The third-order valence-electron chi connectivity index (χ3n) is 4.86. The minimum absolute atomic E-state index is 0.0310. The van der Waals surface area contributed by atoms with Crippen LogP contribution in [0.15, 0.2) is 36.5 Å². The normalized spacial score (nSPS) is 16.5. The van der Waals surface area contributed by atoms with E-state index in [4.69, 9.17) is 4.74 Å². The molecule has 0 aliphatic heterocycles. The third kappa shape index (κ3) is 4.47. The Morgan fingerprint density at radius 2 is 2.00 bits per heavy atom. The lowest BCUT2D eigenvalue weighted by molar-refractivity contribution is -0.157. The van der Waals surface area contributed by atoms with Gasteiger partial charge in [-0.05, 0) is 19.8 Å². The molecule has 0 unspecified atom stereocenters. The van der Waals surface area contributed by atoms with Gasteiger partial charge in [-0.2, -0.15) is 0 Å². The summed E-state index contributed by atoms with van der Waals surface area (Å²) in [5.74, 6) is -0.0310. The molecule has 0 atom stereocenters. The van der Waals surface area contributed by atoms with Gasteiger partial charge in [0.2, 0.25) is 0 Å². The van der Waals surface area contributed by atoms with Crippen molar-refractivity contribution in [3.05, 3.63) is 41.4 Å². The van der Waals surface area contributed by atoms with Gasteiger partial charge >= 0.3 is 5.97 Å². The molecule has 1 aromatic heterocycles. The van der Waals surface area contributed by atoms with E-state index in [0.717, 1.165) is 42.8 Å². The molecule has 2 aromatic rings. The summed E-state index contributed by atoms with van der Waals surface area (Å²) in [6.45, 7) is 3.76. The van der Waals surface area contributed by atoms with Crippen molar-refractivity contribution in [3.8, 4) is 10.6 Å². The van der Waals surface area contributed by atoms with Gasteiger partial charge in [0.15, 0.2) is 0 Å². The molecule has 4 nitrogen and oxygen atoms in total. The lowest BCUT2D eigenvalue weighted by atomic mass is 9.74. The van der Waals surface area contributed by atoms with Crippen molar-refractivity contribution in [2.24, 2.45) is 5.41 Å². The molecule has 1 aliphatic rings. The molecule has 0 radical (unpaired) electrons. The van der Waals surface area contributed by atoms with E-state index in [1.54, 1.807) is 11.3 Å². The van der Waals surface area contributed by atoms with Crippen molar-refractivity contribution in [2.45, 2.75) is 45.6 Å². The maximum absolute atomic E-state index is 12.5. The highest BCUT2D eigenvalue weighted by Crippen LogP contribution is 2.37. The van der Waals surface area contributed by atoms with Crippen LogP contribution in [-0.4, -0.2) is 24.1 Å². The van der Waals surface area contributed by atoms with Crippen molar-refractivity contribution in [1.29, 1.82) is 0 Å². The molecule has 0 bridgehead atoms. The SMILES string of the molecule is CCOC(=O)C1(CNCc2cnc(-c3ccccc3)s2)CCCCC1. The highest BCUT2D eigenvalue weighted by atomic mass is 32.1. The Kier molecular flexibility index (Phi) is 6.21. The first kappa shape index (κ1) is 18.1. The second-order valence-corrected chi connectivity index (χ2v) is 7.78. The third-order valence-corrected chi connectivity index (χ3v) is 5.90. The van der Waals surface area contributed by atoms with Gasteiger partial charge in [0.05, 0.1) is 12.0 Å². The molecule has 0 amide bonds. The van der Waals surface area contributed by atoms with Crippen LogP contribution in [-0.2, 0) is 16.1 Å². The lowest BCUT2D eigenvalue weighted by Gasteiger charge is -2.35. The molecular weight excluding hydrogens is 332 g/mol. The summed E-state index contributed by atoms with van der Waals surface area (Å²) in [4.78, 5) is 18.2. The quantitative estimate of drug-likeness (QED) is 0.745. The van der Waals surface area contributed by atoms with Crippen LogP contribution in [0.3, 0.4) is 0 Å². The number of hydrogen-bond acceptors (Lipinski definition) is 5. The smallest absolute Gasteiger partial charge is 0.313 e. The molecule has 5 heteroatoms. The first-order valence-electron chi connectivity index (χ1n) is 9.11. The average Bonchev–Trinajstić information content (AvgIpc) is 3.12. The van der Waals surface area contributed by atoms with E-state index in [0.29, 0.717) is 13.2 Å². The van der Waals surface area contributed by atoms with Crippen molar-refractivity contribution in [2.75, 3.05) is 13.2 Å². The number of ether oxygens (including phenoxy) is 1. The molecule has 1 aromatic carbocycles. The van der Waals surface area contributed by atoms with Gasteiger partial charge in [0.1, 0.15) is 5.01 Å². The van der Waals surface area contributed by atoms with E-state index in [1.807, 2.05) is 31.3 Å². The largest absolute Gasteiger partial charge is 0.466 e. The molecule has 0 spiro atoms. The predicted octanol–water partition coefficient (Wildman–Crippen LogP) is 4.41. The van der Waals surface area contributed by atoms with Gasteiger partial charge in [0, 0.05) is 29.7 Å². The van der Waals surface area contributed by atoms with E-state index in [9.17, 15) is 4.79 Å². The fraction of sp³-hybridized carbons (Fsp3) is 0.500. The number of thiazole rings is 1. The van der Waals surface area contributed by atoms with Crippen molar-refractivity contribution >= 4 is 17.3 Å². The van der Waals surface area contributed by atoms with E-state index in [-0.39, 0.29) is 11.4 Å². The highest BCUT2D eigenvalue weighted by Gasteiger charge is 2.40. The summed E-state index contributed by atoms with van der Waals surface area (Å²) in [7, 11) is 0. The number of rotatable bonds is 7. The molecule has 1 N–H and O–H groups in total. The molecule has 1 heterocycles. The first-order valence-corrected chi connectivity index (χ1v) is 9.93. The fourth-order valence-corrected chi connectivity index (χ4v) is 4.38. The van der Waals surface area contributed by atoms with Crippen LogP contribution in [0, 0.1) is 5.41 Å². The van der Waals surface area contributed by atoms with Crippen molar-refractivity contribution in [3.63, 3.8) is 0 Å². The maximum Gasteiger partial charge on any atom is 0.313 e. The van der Waals surface area contributed by atoms with Crippen LogP contribution >= 0.6 is 11.3 Å². The summed E-state index contributed by atoms with van der Waals surface area (Å²) in [6, 6.07) is 10.2. The van der Waals surface area contributed by atoms with Gasteiger partial charge in [-0.3, -0.25) is 4.79 Å². The molecule has 134 valence electrons. The van der Waals surface area contributed by atoms with E-state index >= 15 is 0 Å². The van der Waals surface area contributed by atoms with Crippen LogP contribution in [0.5, 0.6) is 0 Å². The fourth-order valence-electron chi connectivity index (χ4n) is 3.49. The number of aromatic nitrogens is 1. The van der Waals surface area contributed by atoms with E-state index in [2.05, 4.69) is 22.4 Å². The van der Waals surface area contributed by atoms with Crippen LogP contribution in [0.1, 0.15) is 43.9 Å². The molecule has 1 saturated carbocycles. The number of nitrogens with one attached hydrogen (secondary N) is 1. The van der Waals surface area contributed by atoms with Gasteiger partial charge in [-0.1, -0.05) is 49.6 Å². The Morgan fingerprint density at radius 1 is 1.24 bits per heavy atom. The summed E-state index contributed by atoms with van der Waals surface area (Å²) in [5.41, 5.74) is 0.801. The lowest BCUT2D eigenvalue weighted by Crippen LogP contribution is -2.43. The van der Waals surface area contributed by atoms with Crippen LogP contribution in [0.25, 0.3) is 10.6 Å². The zero-order chi connectivity index (χ0) is 17.5. The summed E-state index contributed by atoms with van der Waals surface area (Å²) >= 11 is 1.70. The van der Waals surface area contributed by atoms with E-state index < -0.39 is 0 Å². The number of esters is 1. The first-order chi connectivity index (χ1) is 12.2. The summed E-state index contributed by atoms with van der Waals surface area (Å²) in [6.07, 6.45) is 7.22. The topological polar surface area (TPSA) is 51.2 Å². The molecule has 1 fully saturated rings. The number of hydrogen-bond donors (Lipinski definition) is 1. The van der Waals surface area contributed by atoms with Crippen LogP contribution < -0.4 is 5.32 Å². The molecule has 0 saturated heterocycles. The Bertz CT molecular complexity index is 678. The predicted molar refractivity (Wildman–Crippen MR) is 101 cm³/mol. The zero-order valence-corrected chi connectivity index (χ0v) is 15.6.